The monoisotopic (exact) mass is 528 g/mol. The van der Waals surface area contributed by atoms with Gasteiger partial charge in [0.2, 0.25) is 11.8 Å². The van der Waals surface area contributed by atoms with Crippen molar-refractivity contribution in [1.29, 1.82) is 0 Å². The first kappa shape index (κ1) is 26.7. The number of rotatable bonds is 7. The van der Waals surface area contributed by atoms with E-state index in [9.17, 15) is 14.4 Å². The lowest BCUT2D eigenvalue weighted by molar-refractivity contribution is -0.132. The summed E-state index contributed by atoms with van der Waals surface area (Å²) in [6.07, 6.45) is 6.79. The first-order valence-electron chi connectivity index (χ1n) is 13.8. The van der Waals surface area contributed by atoms with Gasteiger partial charge in [-0.15, -0.1) is 0 Å². The Hall–Kier alpha value is -3.94. The number of ether oxygens (including phenoxy) is 1. The minimum absolute atomic E-state index is 0.00606. The number of carbonyl (C=O) groups excluding carboxylic acids is 2. The molecule has 204 valence electrons. The molecule has 2 amide bonds. The Morgan fingerprint density at radius 2 is 1.69 bits per heavy atom. The maximum Gasteiger partial charge on any atom is 0.272 e. The standard InChI is InChI=1S/C31H36N4O4/c1-3-39-27-11-7-4-8-23(27)12-14-28(36)34-19-16-31(17-20-34)18-21-35(22-31)29(37)15-13-25-30(38)33(2)26-10-6-5-9-24(26)32-25/h4-12,14H,3,13,15-22H2,1-2H3/b14-12+. The van der Waals surface area contributed by atoms with E-state index in [4.69, 9.17) is 4.74 Å². The summed E-state index contributed by atoms with van der Waals surface area (Å²) < 4.78 is 7.26. The molecule has 2 aromatic carbocycles. The van der Waals surface area contributed by atoms with Crippen LogP contribution < -0.4 is 10.3 Å². The quantitative estimate of drug-likeness (QED) is 0.436. The molecule has 39 heavy (non-hydrogen) atoms. The second-order valence-corrected chi connectivity index (χ2v) is 10.6. The van der Waals surface area contributed by atoms with Gasteiger partial charge in [-0.05, 0) is 55.9 Å². The summed E-state index contributed by atoms with van der Waals surface area (Å²) in [5.41, 5.74) is 2.79. The summed E-state index contributed by atoms with van der Waals surface area (Å²) in [5.74, 6) is 0.846. The number of amides is 2. The van der Waals surface area contributed by atoms with Crippen LogP contribution in [0.2, 0.25) is 0 Å². The molecular formula is C31H36N4O4. The van der Waals surface area contributed by atoms with Gasteiger partial charge in [-0.2, -0.15) is 0 Å². The zero-order chi connectivity index (χ0) is 27.4. The number of carbonyl (C=O) groups is 2. The second kappa shape index (κ2) is 11.4. The molecule has 0 N–H and O–H groups in total. The Morgan fingerprint density at radius 1 is 1.00 bits per heavy atom. The van der Waals surface area contributed by atoms with Gasteiger partial charge in [0.1, 0.15) is 11.4 Å². The predicted molar refractivity (Wildman–Crippen MR) is 151 cm³/mol. The van der Waals surface area contributed by atoms with Crippen LogP contribution in [0.5, 0.6) is 5.75 Å². The summed E-state index contributed by atoms with van der Waals surface area (Å²) >= 11 is 0. The zero-order valence-corrected chi connectivity index (χ0v) is 22.8. The summed E-state index contributed by atoms with van der Waals surface area (Å²) in [6.45, 7) is 5.34. The molecule has 8 nitrogen and oxygen atoms in total. The highest BCUT2D eigenvalue weighted by Gasteiger charge is 2.42. The average Bonchev–Trinajstić information content (AvgIpc) is 3.37. The number of aryl methyl sites for hydroxylation is 2. The lowest BCUT2D eigenvalue weighted by Gasteiger charge is -2.39. The summed E-state index contributed by atoms with van der Waals surface area (Å²) in [4.78, 5) is 47.1. The molecule has 0 radical (unpaired) electrons. The number of fused-ring (bicyclic) bond motifs is 1. The Morgan fingerprint density at radius 3 is 2.46 bits per heavy atom. The van der Waals surface area contributed by atoms with Gasteiger partial charge in [0.05, 0.1) is 17.6 Å². The molecule has 5 rings (SSSR count). The van der Waals surface area contributed by atoms with Gasteiger partial charge in [-0.25, -0.2) is 4.98 Å². The molecule has 1 aromatic heterocycles. The van der Waals surface area contributed by atoms with E-state index >= 15 is 0 Å². The van der Waals surface area contributed by atoms with Crippen molar-refractivity contribution in [2.75, 3.05) is 32.8 Å². The Kier molecular flexibility index (Phi) is 7.82. The number of hydrogen-bond acceptors (Lipinski definition) is 5. The normalized spacial score (nSPS) is 16.9. The molecule has 2 aliphatic heterocycles. The van der Waals surface area contributed by atoms with Crippen LogP contribution in [0.25, 0.3) is 17.1 Å². The van der Waals surface area contributed by atoms with Crippen molar-refractivity contribution in [1.82, 2.24) is 19.4 Å². The van der Waals surface area contributed by atoms with E-state index in [2.05, 4.69) is 4.98 Å². The van der Waals surface area contributed by atoms with Crippen molar-refractivity contribution in [3.63, 3.8) is 0 Å². The lowest BCUT2D eigenvalue weighted by atomic mass is 9.78. The topological polar surface area (TPSA) is 84.7 Å². The lowest BCUT2D eigenvalue weighted by Crippen LogP contribution is -2.44. The Bertz CT molecular complexity index is 1450. The van der Waals surface area contributed by atoms with Crippen LogP contribution in [-0.4, -0.2) is 64.0 Å². The van der Waals surface area contributed by atoms with Gasteiger partial charge in [-0.1, -0.05) is 30.3 Å². The first-order chi connectivity index (χ1) is 18.9. The highest BCUT2D eigenvalue weighted by molar-refractivity contribution is 5.92. The highest BCUT2D eigenvalue weighted by atomic mass is 16.5. The minimum Gasteiger partial charge on any atom is -0.493 e. The molecule has 0 saturated carbocycles. The molecule has 3 heterocycles. The van der Waals surface area contributed by atoms with Crippen LogP contribution in [0.1, 0.15) is 43.9 Å². The molecule has 1 spiro atoms. The number of likely N-dealkylation sites (tertiary alicyclic amines) is 2. The third-order valence-corrected chi connectivity index (χ3v) is 8.18. The van der Waals surface area contributed by atoms with Crippen LogP contribution >= 0.6 is 0 Å². The molecule has 0 aliphatic carbocycles. The maximum atomic E-state index is 13.1. The summed E-state index contributed by atoms with van der Waals surface area (Å²) in [5, 5.41) is 0. The molecule has 0 bridgehead atoms. The Labute approximate surface area is 228 Å². The predicted octanol–water partition coefficient (Wildman–Crippen LogP) is 3.82. The molecule has 2 fully saturated rings. The van der Waals surface area contributed by atoms with E-state index in [1.54, 1.807) is 17.7 Å². The Balaban J connectivity index is 1.14. The largest absolute Gasteiger partial charge is 0.493 e. The van der Waals surface area contributed by atoms with Crippen LogP contribution in [0.4, 0.5) is 0 Å². The fourth-order valence-electron chi connectivity index (χ4n) is 5.81. The van der Waals surface area contributed by atoms with Crippen LogP contribution in [0.3, 0.4) is 0 Å². The van der Waals surface area contributed by atoms with Gasteiger partial charge in [0, 0.05) is 57.7 Å². The molecule has 3 aromatic rings. The van der Waals surface area contributed by atoms with Crippen LogP contribution in [0.15, 0.2) is 59.4 Å². The van der Waals surface area contributed by atoms with Gasteiger partial charge in [0.15, 0.2) is 0 Å². The van der Waals surface area contributed by atoms with Gasteiger partial charge < -0.3 is 19.1 Å². The number of benzene rings is 2. The third-order valence-electron chi connectivity index (χ3n) is 8.18. The van der Waals surface area contributed by atoms with Gasteiger partial charge in [-0.3, -0.25) is 14.4 Å². The number of piperidine rings is 1. The zero-order valence-electron chi connectivity index (χ0n) is 22.8. The third kappa shape index (κ3) is 5.75. The average molecular weight is 529 g/mol. The molecule has 8 heteroatoms. The maximum absolute atomic E-state index is 13.1. The fourth-order valence-corrected chi connectivity index (χ4v) is 5.81. The van der Waals surface area contributed by atoms with E-state index in [0.717, 1.165) is 48.2 Å². The molecule has 0 unspecified atom stereocenters. The van der Waals surface area contributed by atoms with E-state index < -0.39 is 0 Å². The first-order valence-corrected chi connectivity index (χ1v) is 13.8. The van der Waals surface area contributed by atoms with Gasteiger partial charge in [0.25, 0.3) is 5.56 Å². The smallest absolute Gasteiger partial charge is 0.272 e. The van der Waals surface area contributed by atoms with E-state index in [0.29, 0.717) is 38.4 Å². The number of hydrogen-bond donors (Lipinski definition) is 0. The number of aromatic nitrogens is 2. The summed E-state index contributed by atoms with van der Waals surface area (Å²) in [7, 11) is 1.74. The van der Waals surface area contributed by atoms with Gasteiger partial charge >= 0.3 is 0 Å². The second-order valence-electron chi connectivity index (χ2n) is 10.6. The molecular weight excluding hydrogens is 492 g/mol. The fraction of sp³-hybridized carbons (Fsp3) is 0.419. The van der Waals surface area contributed by atoms with E-state index in [1.807, 2.05) is 71.3 Å². The number of para-hydroxylation sites is 3. The molecule has 2 saturated heterocycles. The van der Waals surface area contributed by atoms with E-state index in [1.165, 1.54) is 0 Å². The molecule has 0 atom stereocenters. The van der Waals surface area contributed by atoms with Crippen molar-refractivity contribution in [3.8, 4) is 5.75 Å². The summed E-state index contributed by atoms with van der Waals surface area (Å²) in [6, 6.07) is 15.2. The van der Waals surface area contributed by atoms with Crippen molar-refractivity contribution in [2.45, 2.75) is 39.0 Å². The van der Waals surface area contributed by atoms with Crippen molar-refractivity contribution < 1.29 is 14.3 Å². The highest BCUT2D eigenvalue weighted by Crippen LogP contribution is 2.40. The van der Waals surface area contributed by atoms with Crippen molar-refractivity contribution >= 4 is 28.9 Å². The van der Waals surface area contributed by atoms with Crippen molar-refractivity contribution in [3.05, 3.63) is 76.2 Å². The van der Waals surface area contributed by atoms with Crippen LogP contribution in [0, 0.1) is 5.41 Å². The van der Waals surface area contributed by atoms with Crippen molar-refractivity contribution in [2.24, 2.45) is 12.5 Å². The SMILES string of the molecule is CCOc1ccccc1/C=C/C(=O)N1CCC2(CC1)CCN(C(=O)CCc1nc3ccccc3n(C)c1=O)C2. The molecule has 2 aliphatic rings. The number of nitrogens with zero attached hydrogens (tertiary/aromatic N) is 4. The van der Waals surface area contributed by atoms with E-state index in [-0.39, 0.29) is 29.2 Å². The minimum atomic E-state index is -0.146. The van der Waals surface area contributed by atoms with Crippen LogP contribution in [-0.2, 0) is 23.1 Å².